The normalized spacial score (nSPS) is 10.8. The Kier molecular flexibility index (Phi) is 6.28. The Hall–Kier alpha value is -4.43. The zero-order valence-electron chi connectivity index (χ0n) is 18.9. The Morgan fingerprint density at radius 3 is 2.43 bits per heavy atom. The first-order valence-electron chi connectivity index (χ1n) is 11.0. The van der Waals surface area contributed by atoms with E-state index in [2.05, 4.69) is 5.32 Å². The molecule has 0 fully saturated rings. The first kappa shape index (κ1) is 22.4. The monoisotopic (exact) mass is 482 g/mol. The van der Waals surface area contributed by atoms with E-state index >= 15 is 0 Å². The van der Waals surface area contributed by atoms with Crippen LogP contribution in [0.2, 0.25) is 0 Å². The fraction of sp³-hybridized carbons (Fsp3) is 0.0741. The average Bonchev–Trinajstić information content (AvgIpc) is 3.66. The predicted molar refractivity (Wildman–Crippen MR) is 136 cm³/mol. The summed E-state index contributed by atoms with van der Waals surface area (Å²) in [5.74, 6) is -0.280. The van der Waals surface area contributed by atoms with Crippen LogP contribution in [0.1, 0.15) is 25.8 Å². The van der Waals surface area contributed by atoms with Crippen molar-refractivity contribution < 1.29 is 14.0 Å². The lowest BCUT2D eigenvalue weighted by Gasteiger charge is -2.16. The zero-order chi connectivity index (χ0) is 24.2. The van der Waals surface area contributed by atoms with Crippen molar-refractivity contribution in [2.45, 2.75) is 6.54 Å². The maximum absolute atomic E-state index is 13.2. The topological polar surface area (TPSA) is 80.4 Å². The standard InChI is InChI=1S/C27H22N4O3S/c1-30(27(33)23-14-15-24(35-23)28-26(32)22-13-8-16-34-22)17-20-18-31(21-11-6-3-7-12-21)29-25(20)19-9-4-2-5-10-19/h2-16,18H,17H2,1H3,(H,28,32). The van der Waals surface area contributed by atoms with Gasteiger partial charge in [-0.15, -0.1) is 11.3 Å². The van der Waals surface area contributed by atoms with Gasteiger partial charge < -0.3 is 14.6 Å². The van der Waals surface area contributed by atoms with Crippen LogP contribution in [0.15, 0.2) is 102 Å². The van der Waals surface area contributed by atoms with Crippen LogP contribution in [0.5, 0.6) is 0 Å². The van der Waals surface area contributed by atoms with Crippen LogP contribution in [-0.4, -0.2) is 33.5 Å². The van der Waals surface area contributed by atoms with Gasteiger partial charge >= 0.3 is 0 Å². The van der Waals surface area contributed by atoms with Crippen molar-refractivity contribution in [3.63, 3.8) is 0 Å². The van der Waals surface area contributed by atoms with Gasteiger partial charge in [0, 0.05) is 30.9 Å². The number of hydrogen-bond donors (Lipinski definition) is 1. The second-order valence-corrected chi connectivity index (χ2v) is 8.99. The molecule has 174 valence electrons. The maximum atomic E-state index is 13.2. The first-order chi connectivity index (χ1) is 17.1. The molecule has 3 aromatic heterocycles. The highest BCUT2D eigenvalue weighted by Gasteiger charge is 2.20. The van der Waals surface area contributed by atoms with Crippen molar-refractivity contribution in [1.29, 1.82) is 0 Å². The molecule has 3 heterocycles. The molecule has 35 heavy (non-hydrogen) atoms. The van der Waals surface area contributed by atoms with Crippen LogP contribution < -0.4 is 5.32 Å². The van der Waals surface area contributed by atoms with Crippen LogP contribution in [0.25, 0.3) is 16.9 Å². The number of hydrogen-bond acceptors (Lipinski definition) is 5. The minimum atomic E-state index is -0.356. The number of furan rings is 1. The third-order valence-corrected chi connectivity index (χ3v) is 6.40. The lowest BCUT2D eigenvalue weighted by Crippen LogP contribution is -2.25. The van der Waals surface area contributed by atoms with Crippen molar-refractivity contribution in [2.75, 3.05) is 12.4 Å². The molecule has 0 spiro atoms. The van der Waals surface area contributed by atoms with Gasteiger partial charge in [0.15, 0.2) is 5.76 Å². The lowest BCUT2D eigenvalue weighted by molar-refractivity contribution is 0.0790. The summed E-state index contributed by atoms with van der Waals surface area (Å²) in [5, 5.41) is 8.16. The maximum Gasteiger partial charge on any atom is 0.291 e. The van der Waals surface area contributed by atoms with E-state index in [1.165, 1.54) is 17.6 Å². The fourth-order valence-corrected chi connectivity index (χ4v) is 4.59. The second kappa shape index (κ2) is 9.82. The Labute approximate surface area is 206 Å². The highest BCUT2D eigenvalue weighted by Crippen LogP contribution is 2.27. The lowest BCUT2D eigenvalue weighted by atomic mass is 10.1. The molecule has 7 nitrogen and oxygen atoms in total. The second-order valence-electron chi connectivity index (χ2n) is 7.91. The number of rotatable bonds is 7. The van der Waals surface area contributed by atoms with E-state index in [4.69, 9.17) is 9.52 Å². The number of carbonyl (C=O) groups is 2. The smallest absolute Gasteiger partial charge is 0.291 e. The van der Waals surface area contributed by atoms with Gasteiger partial charge in [-0.2, -0.15) is 5.10 Å². The molecule has 0 radical (unpaired) electrons. The van der Waals surface area contributed by atoms with E-state index in [0.29, 0.717) is 16.4 Å². The molecule has 0 bridgehead atoms. The van der Waals surface area contributed by atoms with E-state index in [1.54, 1.807) is 36.2 Å². The average molecular weight is 483 g/mol. The summed E-state index contributed by atoms with van der Waals surface area (Å²) in [7, 11) is 1.76. The molecular formula is C27H22N4O3S. The van der Waals surface area contributed by atoms with Gasteiger partial charge in [-0.25, -0.2) is 4.68 Å². The minimum Gasteiger partial charge on any atom is -0.459 e. The van der Waals surface area contributed by atoms with Crippen LogP contribution in [0, 0.1) is 0 Å². The highest BCUT2D eigenvalue weighted by molar-refractivity contribution is 7.18. The highest BCUT2D eigenvalue weighted by atomic mass is 32.1. The molecule has 0 saturated heterocycles. The molecule has 2 amide bonds. The summed E-state index contributed by atoms with van der Waals surface area (Å²) in [5.41, 5.74) is 3.68. The molecule has 2 aromatic carbocycles. The Bertz CT molecular complexity index is 1440. The number of carbonyl (C=O) groups excluding carboxylic acids is 2. The molecule has 1 N–H and O–H groups in total. The Balaban J connectivity index is 1.36. The number of amides is 2. The SMILES string of the molecule is CN(Cc1cn(-c2ccccc2)nc1-c1ccccc1)C(=O)c1ccc(NC(=O)c2ccco2)s1. The summed E-state index contributed by atoms with van der Waals surface area (Å²) in [6, 6.07) is 26.5. The van der Waals surface area contributed by atoms with Crippen molar-refractivity contribution in [3.8, 4) is 16.9 Å². The fourth-order valence-electron chi connectivity index (χ4n) is 3.69. The molecule has 8 heteroatoms. The van der Waals surface area contributed by atoms with Gasteiger partial charge in [-0.05, 0) is 36.4 Å². The van der Waals surface area contributed by atoms with Gasteiger partial charge in [0.25, 0.3) is 11.8 Å². The van der Waals surface area contributed by atoms with Gasteiger partial charge in [-0.3, -0.25) is 9.59 Å². The van der Waals surface area contributed by atoms with Crippen molar-refractivity contribution in [1.82, 2.24) is 14.7 Å². The number of thiophene rings is 1. The molecule has 0 saturated carbocycles. The number of para-hydroxylation sites is 1. The van der Waals surface area contributed by atoms with Crippen molar-refractivity contribution in [3.05, 3.63) is 114 Å². The third-order valence-electron chi connectivity index (χ3n) is 5.41. The molecule has 0 aliphatic rings. The van der Waals surface area contributed by atoms with E-state index in [-0.39, 0.29) is 17.6 Å². The summed E-state index contributed by atoms with van der Waals surface area (Å²) >= 11 is 1.22. The minimum absolute atomic E-state index is 0.139. The summed E-state index contributed by atoms with van der Waals surface area (Å²) < 4.78 is 6.95. The van der Waals surface area contributed by atoms with Crippen LogP contribution in [0.3, 0.4) is 0 Å². The first-order valence-corrected chi connectivity index (χ1v) is 11.8. The molecule has 0 atom stereocenters. The number of aromatic nitrogens is 2. The molecular weight excluding hydrogens is 460 g/mol. The van der Waals surface area contributed by atoms with E-state index in [0.717, 1.165) is 22.5 Å². The number of benzene rings is 2. The van der Waals surface area contributed by atoms with Gasteiger partial charge in [0.2, 0.25) is 0 Å². The van der Waals surface area contributed by atoms with Crippen molar-refractivity contribution >= 4 is 28.2 Å². The van der Waals surface area contributed by atoms with E-state index in [1.807, 2.05) is 71.5 Å². The van der Waals surface area contributed by atoms with Crippen LogP contribution in [-0.2, 0) is 6.54 Å². The van der Waals surface area contributed by atoms with Crippen molar-refractivity contribution in [2.24, 2.45) is 0 Å². The molecule has 5 aromatic rings. The number of nitrogens with one attached hydrogen (secondary N) is 1. The molecule has 0 unspecified atom stereocenters. The molecule has 0 aliphatic heterocycles. The molecule has 5 rings (SSSR count). The Morgan fingerprint density at radius 2 is 1.71 bits per heavy atom. The predicted octanol–water partition coefficient (Wildman–Crippen LogP) is 5.72. The molecule has 0 aliphatic carbocycles. The van der Waals surface area contributed by atoms with Gasteiger partial charge in [0.1, 0.15) is 0 Å². The summed E-state index contributed by atoms with van der Waals surface area (Å²) in [4.78, 5) is 27.6. The largest absolute Gasteiger partial charge is 0.459 e. The summed E-state index contributed by atoms with van der Waals surface area (Å²) in [6.07, 6.45) is 3.40. The zero-order valence-corrected chi connectivity index (χ0v) is 19.7. The van der Waals surface area contributed by atoms with Crippen LogP contribution >= 0.6 is 11.3 Å². The Morgan fingerprint density at radius 1 is 0.971 bits per heavy atom. The number of anilines is 1. The number of nitrogens with zero attached hydrogens (tertiary/aromatic N) is 3. The van der Waals surface area contributed by atoms with Crippen LogP contribution in [0.4, 0.5) is 5.00 Å². The third kappa shape index (κ3) is 4.92. The van der Waals surface area contributed by atoms with E-state index < -0.39 is 0 Å². The van der Waals surface area contributed by atoms with Gasteiger partial charge in [-0.1, -0.05) is 48.5 Å². The summed E-state index contributed by atoms with van der Waals surface area (Å²) in [6.45, 7) is 0.377. The van der Waals surface area contributed by atoms with Gasteiger partial charge in [0.05, 0.1) is 27.5 Å². The van der Waals surface area contributed by atoms with E-state index in [9.17, 15) is 9.59 Å². The quantitative estimate of drug-likeness (QED) is 0.322.